The molecular formula is C19H24N2O. The van der Waals surface area contributed by atoms with Crippen LogP contribution in [0.2, 0.25) is 0 Å². The smallest absolute Gasteiger partial charge is 0.248 e. The predicted molar refractivity (Wildman–Crippen MR) is 91.4 cm³/mol. The maximum Gasteiger partial charge on any atom is 0.248 e. The van der Waals surface area contributed by atoms with Crippen LogP contribution in [0.1, 0.15) is 30.9 Å². The standard InChI is InChI=1S/C19H24N2O/c1-14(2)19(22)20(3)17-8-10-21(11-9-17)13-16-12-15-6-4-5-7-18(15)16/h4-7,12,17H,1,8-11,13H2,2-3H3. The number of piperidine rings is 1. The van der Waals surface area contributed by atoms with E-state index in [1.807, 2.05) is 11.9 Å². The van der Waals surface area contributed by atoms with E-state index in [2.05, 4.69) is 41.8 Å². The zero-order chi connectivity index (χ0) is 15.7. The van der Waals surface area contributed by atoms with Gasteiger partial charge in [-0.15, -0.1) is 0 Å². The van der Waals surface area contributed by atoms with Crippen LogP contribution >= 0.6 is 0 Å². The molecule has 0 radical (unpaired) electrons. The summed E-state index contributed by atoms with van der Waals surface area (Å²) in [5, 5.41) is 0. The van der Waals surface area contributed by atoms with Crippen molar-refractivity contribution in [2.24, 2.45) is 0 Å². The number of nitrogens with zero attached hydrogens (tertiary/aromatic N) is 2. The molecule has 1 heterocycles. The van der Waals surface area contributed by atoms with Crippen molar-refractivity contribution in [3.63, 3.8) is 0 Å². The highest BCUT2D eigenvalue weighted by atomic mass is 16.2. The van der Waals surface area contributed by atoms with Crippen LogP contribution in [0, 0.1) is 0 Å². The number of carbonyl (C=O) groups is 1. The number of likely N-dealkylation sites (tertiary alicyclic amines) is 1. The largest absolute Gasteiger partial charge is 0.339 e. The molecule has 0 atom stereocenters. The summed E-state index contributed by atoms with van der Waals surface area (Å²) < 4.78 is 0. The number of hydrogen-bond acceptors (Lipinski definition) is 2. The Labute approximate surface area is 132 Å². The van der Waals surface area contributed by atoms with E-state index in [1.54, 1.807) is 6.92 Å². The molecular weight excluding hydrogens is 272 g/mol. The fourth-order valence-corrected chi connectivity index (χ4v) is 3.41. The van der Waals surface area contributed by atoms with Gasteiger partial charge < -0.3 is 4.90 Å². The summed E-state index contributed by atoms with van der Waals surface area (Å²) >= 11 is 0. The van der Waals surface area contributed by atoms with Crippen LogP contribution in [-0.2, 0) is 4.79 Å². The highest BCUT2D eigenvalue weighted by Crippen LogP contribution is 2.33. The Morgan fingerprint density at radius 3 is 2.64 bits per heavy atom. The van der Waals surface area contributed by atoms with E-state index in [1.165, 1.54) is 16.7 Å². The molecule has 3 rings (SSSR count). The van der Waals surface area contributed by atoms with Crippen LogP contribution in [-0.4, -0.2) is 48.4 Å². The van der Waals surface area contributed by atoms with Crippen molar-refractivity contribution in [1.82, 2.24) is 9.80 Å². The Kier molecular flexibility index (Phi) is 4.16. The highest BCUT2D eigenvalue weighted by molar-refractivity contribution is 5.96. The zero-order valence-electron chi connectivity index (χ0n) is 13.5. The first-order valence-corrected chi connectivity index (χ1v) is 8.01. The lowest BCUT2D eigenvalue weighted by molar-refractivity contribution is -0.128. The summed E-state index contributed by atoms with van der Waals surface area (Å²) in [7, 11) is 1.90. The maximum absolute atomic E-state index is 12.0. The summed E-state index contributed by atoms with van der Waals surface area (Å²) in [4.78, 5) is 16.4. The Morgan fingerprint density at radius 2 is 2.00 bits per heavy atom. The average molecular weight is 296 g/mol. The molecule has 1 fully saturated rings. The molecule has 1 aromatic carbocycles. The molecule has 3 nitrogen and oxygen atoms in total. The molecule has 1 aliphatic carbocycles. The third-order valence-electron chi connectivity index (χ3n) is 4.82. The molecule has 0 saturated carbocycles. The van der Waals surface area contributed by atoms with Gasteiger partial charge in [-0.2, -0.15) is 0 Å². The maximum atomic E-state index is 12.0. The highest BCUT2D eigenvalue weighted by Gasteiger charge is 2.27. The van der Waals surface area contributed by atoms with E-state index in [-0.39, 0.29) is 5.91 Å². The van der Waals surface area contributed by atoms with Crippen LogP contribution in [0.4, 0.5) is 0 Å². The van der Waals surface area contributed by atoms with Crippen molar-refractivity contribution in [3.8, 4) is 0 Å². The topological polar surface area (TPSA) is 23.6 Å². The lowest BCUT2D eigenvalue weighted by Gasteiger charge is -2.38. The molecule has 0 N–H and O–H groups in total. The van der Waals surface area contributed by atoms with Gasteiger partial charge in [0.2, 0.25) is 5.91 Å². The molecule has 1 saturated heterocycles. The van der Waals surface area contributed by atoms with Crippen molar-refractivity contribution < 1.29 is 4.79 Å². The van der Waals surface area contributed by atoms with Gasteiger partial charge in [-0.25, -0.2) is 0 Å². The summed E-state index contributed by atoms with van der Waals surface area (Å²) in [5.74, 6) is 0.0779. The van der Waals surface area contributed by atoms with Gasteiger partial charge in [-0.05, 0) is 42.5 Å². The van der Waals surface area contributed by atoms with Gasteiger partial charge >= 0.3 is 0 Å². The van der Waals surface area contributed by atoms with Crippen molar-refractivity contribution in [3.05, 3.63) is 47.5 Å². The van der Waals surface area contributed by atoms with Crippen molar-refractivity contribution in [2.45, 2.75) is 25.8 Å². The molecule has 1 aliphatic heterocycles. The minimum Gasteiger partial charge on any atom is -0.339 e. The van der Waals surface area contributed by atoms with E-state index in [0.29, 0.717) is 11.6 Å². The third kappa shape index (κ3) is 2.86. The fourth-order valence-electron chi connectivity index (χ4n) is 3.41. The van der Waals surface area contributed by atoms with Gasteiger partial charge in [-0.3, -0.25) is 9.69 Å². The molecule has 3 heteroatoms. The minimum absolute atomic E-state index is 0.0779. The summed E-state index contributed by atoms with van der Waals surface area (Å²) in [6.07, 6.45) is 4.38. The van der Waals surface area contributed by atoms with Crippen molar-refractivity contribution >= 4 is 17.6 Å². The number of amides is 1. The monoisotopic (exact) mass is 296 g/mol. The van der Waals surface area contributed by atoms with E-state index < -0.39 is 0 Å². The van der Waals surface area contributed by atoms with Gasteiger partial charge in [0.05, 0.1) is 0 Å². The average Bonchev–Trinajstić information content (AvgIpc) is 2.51. The lowest BCUT2D eigenvalue weighted by Crippen LogP contribution is -2.46. The molecule has 1 amide bonds. The molecule has 22 heavy (non-hydrogen) atoms. The minimum atomic E-state index is 0.0779. The van der Waals surface area contributed by atoms with Gasteiger partial charge in [0.1, 0.15) is 0 Å². The molecule has 116 valence electrons. The predicted octanol–water partition coefficient (Wildman–Crippen LogP) is 3.04. The van der Waals surface area contributed by atoms with Crippen LogP contribution in [0.5, 0.6) is 0 Å². The fraction of sp³-hybridized carbons (Fsp3) is 0.421. The molecule has 0 spiro atoms. The Bertz CT molecular complexity index is 624. The number of rotatable bonds is 4. The van der Waals surface area contributed by atoms with E-state index in [4.69, 9.17) is 0 Å². The number of likely N-dealkylation sites (N-methyl/N-ethyl adjacent to an activating group) is 1. The number of hydrogen-bond donors (Lipinski definition) is 0. The molecule has 2 aliphatic rings. The molecule has 1 aromatic rings. The van der Waals surface area contributed by atoms with Crippen molar-refractivity contribution in [1.29, 1.82) is 0 Å². The molecule has 0 unspecified atom stereocenters. The SMILES string of the molecule is C=C(C)C(=O)N(C)C1CCN(CC2=Cc3ccccc32)CC1. The van der Waals surface area contributed by atoms with Crippen molar-refractivity contribution in [2.75, 3.05) is 26.7 Å². The van der Waals surface area contributed by atoms with Crippen LogP contribution in [0.15, 0.2) is 36.4 Å². The van der Waals surface area contributed by atoms with Crippen LogP contribution in [0.3, 0.4) is 0 Å². The summed E-state index contributed by atoms with van der Waals surface area (Å²) in [5.41, 5.74) is 4.83. The second-order valence-corrected chi connectivity index (χ2v) is 6.46. The number of fused-ring (bicyclic) bond motifs is 1. The van der Waals surface area contributed by atoms with Gasteiger partial charge in [0.25, 0.3) is 0 Å². The second kappa shape index (κ2) is 6.09. The Hall–Kier alpha value is -1.87. The lowest BCUT2D eigenvalue weighted by atomic mass is 9.88. The second-order valence-electron chi connectivity index (χ2n) is 6.46. The quantitative estimate of drug-likeness (QED) is 0.797. The Morgan fingerprint density at radius 1 is 1.32 bits per heavy atom. The number of carbonyl (C=O) groups excluding carboxylic acids is 1. The molecule has 0 bridgehead atoms. The Balaban J connectivity index is 1.51. The normalized spacial score (nSPS) is 18.2. The van der Waals surface area contributed by atoms with Gasteiger partial charge in [0.15, 0.2) is 0 Å². The van der Waals surface area contributed by atoms with Gasteiger partial charge in [-0.1, -0.05) is 30.8 Å². The van der Waals surface area contributed by atoms with Gasteiger partial charge in [0, 0.05) is 38.3 Å². The third-order valence-corrected chi connectivity index (χ3v) is 4.82. The summed E-state index contributed by atoms with van der Waals surface area (Å²) in [6.45, 7) is 8.68. The van der Waals surface area contributed by atoms with Crippen LogP contribution < -0.4 is 0 Å². The zero-order valence-corrected chi connectivity index (χ0v) is 13.5. The first kappa shape index (κ1) is 15.0. The number of benzene rings is 1. The van der Waals surface area contributed by atoms with E-state index >= 15 is 0 Å². The van der Waals surface area contributed by atoms with E-state index in [0.717, 1.165) is 32.5 Å². The summed E-state index contributed by atoms with van der Waals surface area (Å²) in [6, 6.07) is 8.92. The van der Waals surface area contributed by atoms with Crippen LogP contribution in [0.25, 0.3) is 11.6 Å². The molecule has 0 aromatic heterocycles. The van der Waals surface area contributed by atoms with E-state index in [9.17, 15) is 4.79 Å². The first-order chi connectivity index (χ1) is 10.6. The first-order valence-electron chi connectivity index (χ1n) is 8.01.